The van der Waals surface area contributed by atoms with Crippen molar-refractivity contribution in [3.8, 4) is 6.07 Å². The fourth-order valence-electron chi connectivity index (χ4n) is 0.967. The third-order valence-corrected chi connectivity index (χ3v) is 1.62. The average molecular weight is 228 g/mol. The quantitative estimate of drug-likeness (QED) is 0.736. The maximum atomic E-state index is 11.7. The van der Waals surface area contributed by atoms with Crippen molar-refractivity contribution in [2.24, 2.45) is 0 Å². The van der Waals surface area contributed by atoms with Gasteiger partial charge >= 0.3 is 0 Å². The number of nitrogens with zero attached hydrogens (tertiary/aromatic N) is 3. The molecule has 0 amide bonds. The monoisotopic (exact) mass is 228 g/mol. The summed E-state index contributed by atoms with van der Waals surface area (Å²) in [5, 5.41) is 18.8. The third kappa shape index (κ3) is 4.14. The van der Waals surface area contributed by atoms with Crippen LogP contribution in [0.2, 0.25) is 0 Å². The molecule has 0 aromatic carbocycles. The van der Waals surface area contributed by atoms with Crippen molar-refractivity contribution in [1.29, 1.82) is 5.26 Å². The number of hydrogen-bond donors (Lipinski definition) is 1. The second kappa shape index (κ2) is 6.63. The molecule has 0 aliphatic carbocycles. The van der Waals surface area contributed by atoms with Crippen molar-refractivity contribution in [3.63, 3.8) is 0 Å². The average Bonchev–Trinajstić information content (AvgIpc) is 2.29. The second-order valence-electron chi connectivity index (χ2n) is 2.80. The maximum Gasteiger partial charge on any atom is 0.261 e. The first kappa shape index (κ1) is 12.3. The van der Waals surface area contributed by atoms with Crippen molar-refractivity contribution in [3.05, 3.63) is 17.8 Å². The summed E-state index contributed by atoms with van der Waals surface area (Å²) in [5.41, 5.74) is 0.351. The van der Waals surface area contributed by atoms with E-state index in [2.05, 4.69) is 20.3 Å². The van der Waals surface area contributed by atoms with Crippen molar-refractivity contribution >= 4 is 5.82 Å². The number of anilines is 1. The molecule has 0 saturated carbocycles. The lowest BCUT2D eigenvalue weighted by molar-refractivity contribution is 0.0214. The van der Waals surface area contributed by atoms with Crippen molar-refractivity contribution < 1.29 is 13.5 Å². The Morgan fingerprint density at radius 3 is 3.06 bits per heavy atom. The molecule has 1 rings (SSSR count). The molecule has 5 nitrogen and oxygen atoms in total. The highest BCUT2D eigenvalue weighted by Crippen LogP contribution is 2.07. The molecule has 0 bridgehead atoms. The number of halogens is 2. The lowest BCUT2D eigenvalue weighted by atomic mass is 10.3. The van der Waals surface area contributed by atoms with E-state index in [-0.39, 0.29) is 6.61 Å². The molecule has 0 aliphatic heterocycles. The molecule has 1 N–H and O–H groups in total. The van der Waals surface area contributed by atoms with Crippen LogP contribution in [0.1, 0.15) is 5.56 Å². The van der Waals surface area contributed by atoms with Gasteiger partial charge in [0.15, 0.2) is 5.82 Å². The summed E-state index contributed by atoms with van der Waals surface area (Å²) in [6.07, 6.45) is -1.07. The highest BCUT2D eigenvalue weighted by molar-refractivity contribution is 5.49. The van der Waals surface area contributed by atoms with E-state index in [0.717, 1.165) is 0 Å². The maximum absolute atomic E-state index is 11.7. The van der Waals surface area contributed by atoms with Gasteiger partial charge in [0, 0.05) is 6.54 Å². The van der Waals surface area contributed by atoms with Crippen LogP contribution < -0.4 is 5.32 Å². The lowest BCUT2D eigenvalue weighted by Gasteiger charge is -2.06. The molecule has 1 aromatic heterocycles. The number of alkyl halides is 2. The minimum atomic E-state index is -2.47. The Bertz CT molecular complexity index is 367. The topological polar surface area (TPSA) is 70.8 Å². The molecule has 0 unspecified atom stereocenters. The first-order valence-corrected chi connectivity index (χ1v) is 4.55. The molecule has 0 saturated heterocycles. The summed E-state index contributed by atoms with van der Waals surface area (Å²) < 4.78 is 28.0. The molecule has 0 aliphatic rings. The second-order valence-corrected chi connectivity index (χ2v) is 2.80. The van der Waals surface area contributed by atoms with Gasteiger partial charge in [0.25, 0.3) is 6.43 Å². The minimum absolute atomic E-state index is 0.117. The van der Waals surface area contributed by atoms with Crippen LogP contribution in [0.15, 0.2) is 12.3 Å². The van der Waals surface area contributed by atoms with Crippen molar-refractivity contribution in [1.82, 2.24) is 10.2 Å². The van der Waals surface area contributed by atoms with Gasteiger partial charge in [0.05, 0.1) is 18.4 Å². The van der Waals surface area contributed by atoms with E-state index < -0.39 is 13.0 Å². The predicted octanol–water partition coefficient (Wildman–Crippen LogP) is 1.04. The number of nitrogens with one attached hydrogen (secondary N) is 1. The van der Waals surface area contributed by atoms with E-state index in [1.54, 1.807) is 0 Å². The van der Waals surface area contributed by atoms with Crippen LogP contribution >= 0.6 is 0 Å². The van der Waals surface area contributed by atoms with E-state index >= 15 is 0 Å². The largest absolute Gasteiger partial charge is 0.374 e. The summed E-state index contributed by atoms with van der Waals surface area (Å²) in [6.45, 7) is -0.181. The van der Waals surface area contributed by atoms with Gasteiger partial charge in [-0.1, -0.05) is 0 Å². The number of hydrogen-bond acceptors (Lipinski definition) is 5. The number of aromatic nitrogens is 2. The Labute approximate surface area is 91.1 Å². The van der Waals surface area contributed by atoms with Crippen molar-refractivity contribution in [2.75, 3.05) is 25.1 Å². The van der Waals surface area contributed by atoms with Gasteiger partial charge in [0.2, 0.25) is 0 Å². The van der Waals surface area contributed by atoms with Crippen LogP contribution in [-0.4, -0.2) is 36.4 Å². The zero-order valence-corrected chi connectivity index (χ0v) is 8.36. The van der Waals surface area contributed by atoms with E-state index in [0.29, 0.717) is 17.9 Å². The number of nitriles is 1. The molecule has 86 valence electrons. The fraction of sp³-hybridized carbons (Fsp3) is 0.444. The van der Waals surface area contributed by atoms with Crippen LogP contribution in [0, 0.1) is 11.3 Å². The molecule has 0 radical (unpaired) electrons. The highest BCUT2D eigenvalue weighted by Gasteiger charge is 2.03. The van der Waals surface area contributed by atoms with Crippen LogP contribution in [0.4, 0.5) is 14.6 Å². The first-order chi connectivity index (χ1) is 7.74. The van der Waals surface area contributed by atoms with Gasteiger partial charge < -0.3 is 10.1 Å². The van der Waals surface area contributed by atoms with Gasteiger partial charge in [-0.3, -0.25) is 0 Å². The molecule has 1 aromatic rings. The highest BCUT2D eigenvalue weighted by atomic mass is 19.3. The summed E-state index contributed by atoms with van der Waals surface area (Å²) >= 11 is 0. The summed E-state index contributed by atoms with van der Waals surface area (Å²) in [5.74, 6) is 0.325. The SMILES string of the molecule is N#Cc1ccnnc1NCCOCC(F)F. The van der Waals surface area contributed by atoms with E-state index in [1.807, 2.05) is 6.07 Å². The Morgan fingerprint density at radius 2 is 2.38 bits per heavy atom. The molecule has 0 atom stereocenters. The van der Waals surface area contributed by atoms with E-state index in [9.17, 15) is 8.78 Å². The standard InChI is InChI=1S/C9H10F2N4O/c10-8(11)6-16-4-3-13-9-7(5-12)1-2-14-15-9/h1-2,8H,3-4,6H2,(H,13,15). The van der Waals surface area contributed by atoms with Crippen LogP contribution in [0.3, 0.4) is 0 Å². The molecular weight excluding hydrogens is 218 g/mol. The zero-order chi connectivity index (χ0) is 11.8. The number of ether oxygens (including phenoxy) is 1. The molecular formula is C9H10F2N4O. The third-order valence-electron chi connectivity index (χ3n) is 1.62. The Morgan fingerprint density at radius 1 is 1.56 bits per heavy atom. The normalized spacial score (nSPS) is 10.1. The minimum Gasteiger partial charge on any atom is -0.374 e. The smallest absolute Gasteiger partial charge is 0.261 e. The number of rotatable bonds is 6. The fourth-order valence-corrected chi connectivity index (χ4v) is 0.967. The molecule has 1 heterocycles. The van der Waals surface area contributed by atoms with Gasteiger partial charge in [-0.15, -0.1) is 5.10 Å². The zero-order valence-electron chi connectivity index (χ0n) is 8.36. The Hall–Kier alpha value is -1.81. The first-order valence-electron chi connectivity index (χ1n) is 4.55. The molecule has 16 heavy (non-hydrogen) atoms. The van der Waals surface area contributed by atoms with E-state index in [1.165, 1.54) is 12.3 Å². The van der Waals surface area contributed by atoms with Crippen LogP contribution in [-0.2, 0) is 4.74 Å². The summed E-state index contributed by atoms with van der Waals surface area (Å²) in [7, 11) is 0. The van der Waals surface area contributed by atoms with Gasteiger partial charge in [-0.2, -0.15) is 10.4 Å². The van der Waals surface area contributed by atoms with Crippen LogP contribution in [0.25, 0.3) is 0 Å². The molecule has 0 spiro atoms. The Balaban J connectivity index is 2.30. The van der Waals surface area contributed by atoms with Crippen molar-refractivity contribution in [2.45, 2.75) is 6.43 Å². The van der Waals surface area contributed by atoms with Gasteiger partial charge in [-0.05, 0) is 6.07 Å². The summed E-state index contributed by atoms with van der Waals surface area (Å²) in [6, 6.07) is 3.44. The van der Waals surface area contributed by atoms with Gasteiger partial charge in [0.1, 0.15) is 12.7 Å². The lowest BCUT2D eigenvalue weighted by Crippen LogP contribution is -2.14. The molecule has 7 heteroatoms. The Kier molecular flexibility index (Phi) is 5.08. The van der Waals surface area contributed by atoms with Gasteiger partial charge in [-0.25, -0.2) is 8.78 Å². The molecule has 0 fully saturated rings. The van der Waals surface area contributed by atoms with E-state index in [4.69, 9.17) is 5.26 Å². The predicted molar refractivity (Wildman–Crippen MR) is 52.1 cm³/mol. The van der Waals surface area contributed by atoms with Crippen LogP contribution in [0.5, 0.6) is 0 Å². The summed E-state index contributed by atoms with van der Waals surface area (Å²) in [4.78, 5) is 0.